The molecule has 3 aliphatic rings. The van der Waals surface area contributed by atoms with Crippen LogP contribution >= 0.6 is 0 Å². The maximum atomic E-state index is 12.8. The van der Waals surface area contributed by atoms with Crippen LogP contribution in [0.4, 0.5) is 0 Å². The fourth-order valence-corrected chi connectivity index (χ4v) is 5.58. The lowest BCUT2D eigenvalue weighted by Crippen LogP contribution is -2.57. The quantitative estimate of drug-likeness (QED) is 0.0388. The molecule has 0 aromatic heterocycles. The minimum Gasteiger partial charge on any atom is -0.388 e. The number of carbonyl (C=O) groups is 6. The van der Waals surface area contributed by atoms with Crippen molar-refractivity contribution in [2.45, 2.75) is 114 Å². The van der Waals surface area contributed by atoms with Gasteiger partial charge in [0.05, 0.1) is 45.1 Å². The van der Waals surface area contributed by atoms with Crippen LogP contribution in [-0.2, 0) is 52.6 Å². The number of ether oxygens (including phenoxy) is 4. The maximum Gasteiger partial charge on any atom is 0.333 e. The molecule has 22 nitrogen and oxygen atoms in total. The molecule has 10 atom stereocenters. The predicted molar refractivity (Wildman–Crippen MR) is 178 cm³/mol. The minimum atomic E-state index is -1.52. The van der Waals surface area contributed by atoms with Gasteiger partial charge in [0, 0.05) is 38.9 Å². The van der Waals surface area contributed by atoms with Gasteiger partial charge >= 0.3 is 5.97 Å². The molecule has 0 bridgehead atoms. The molecular weight excluding hydrogens is 726 g/mol. The summed E-state index contributed by atoms with van der Waals surface area (Å²) < 4.78 is 21.5. The van der Waals surface area contributed by atoms with Gasteiger partial charge in [0.15, 0.2) is 12.6 Å². The third-order valence-electron chi connectivity index (χ3n) is 8.71. The van der Waals surface area contributed by atoms with Crippen LogP contribution in [-0.4, -0.2) is 190 Å². The smallest absolute Gasteiger partial charge is 0.333 e. The van der Waals surface area contributed by atoms with E-state index in [0.29, 0.717) is 24.3 Å². The van der Waals surface area contributed by atoms with Crippen LogP contribution in [0.15, 0.2) is 0 Å². The first-order chi connectivity index (χ1) is 25.6. The summed E-state index contributed by atoms with van der Waals surface area (Å²) in [6, 6.07) is 0. The lowest BCUT2D eigenvalue weighted by Gasteiger charge is -2.38. The van der Waals surface area contributed by atoms with Crippen molar-refractivity contribution in [3.63, 3.8) is 0 Å². The molecule has 54 heavy (non-hydrogen) atoms. The zero-order valence-electron chi connectivity index (χ0n) is 30.2. The van der Waals surface area contributed by atoms with Gasteiger partial charge in [0.2, 0.25) is 17.7 Å². The van der Waals surface area contributed by atoms with Gasteiger partial charge < -0.3 is 70.4 Å². The third-order valence-corrected chi connectivity index (χ3v) is 8.71. The summed E-state index contributed by atoms with van der Waals surface area (Å²) in [5.74, 6) is -3.55. The number of hydrogen-bond acceptors (Lipinski definition) is 18. The van der Waals surface area contributed by atoms with Crippen LogP contribution in [0.2, 0.25) is 0 Å². The number of carbonyl (C=O) groups excluding carboxylic acids is 6. The Bertz CT molecular complexity index is 1210. The van der Waals surface area contributed by atoms with Gasteiger partial charge in [0.25, 0.3) is 11.8 Å². The average Bonchev–Trinajstić information content (AvgIpc) is 3.44. The molecule has 0 aromatic carbocycles. The van der Waals surface area contributed by atoms with Crippen LogP contribution in [0.3, 0.4) is 0 Å². The molecular formula is C32H53N5O17. The Hall–Kier alpha value is -3.42. The molecule has 3 rings (SSSR count). The van der Waals surface area contributed by atoms with Crippen LogP contribution < -0.4 is 16.0 Å². The molecule has 0 aromatic rings. The number of hydroxylamine groups is 2. The van der Waals surface area contributed by atoms with Crippen molar-refractivity contribution in [3.05, 3.63) is 0 Å². The fourth-order valence-electron chi connectivity index (χ4n) is 5.58. The van der Waals surface area contributed by atoms with E-state index < -0.39 is 110 Å². The Morgan fingerprint density at radius 1 is 0.648 bits per heavy atom. The SMILES string of the molecule is C[C@@H]1O[C@H](OCCNC(=O)CN(CC(=O)NCCCCCC(=O)ON2C(=O)CCC2=O)CC(=O)NCCO[C@H]2O[C@@H](C)[C@@H](O)[C@@H](O)[C@@H]2O)[C@@H](O)[C@H](O)[C@@H]1O. The minimum absolute atomic E-state index is 0.00960. The van der Waals surface area contributed by atoms with Gasteiger partial charge in [0.1, 0.15) is 36.6 Å². The monoisotopic (exact) mass is 779 g/mol. The molecule has 0 aliphatic carbocycles. The van der Waals surface area contributed by atoms with Crippen molar-refractivity contribution in [2.24, 2.45) is 0 Å². The molecule has 0 unspecified atom stereocenters. The molecule has 5 amide bonds. The van der Waals surface area contributed by atoms with Gasteiger partial charge in [-0.3, -0.25) is 28.9 Å². The van der Waals surface area contributed by atoms with Crippen LogP contribution in [0, 0.1) is 0 Å². The molecule has 22 heteroatoms. The second kappa shape index (κ2) is 22.2. The van der Waals surface area contributed by atoms with Crippen LogP contribution in [0.1, 0.15) is 52.4 Å². The largest absolute Gasteiger partial charge is 0.388 e. The van der Waals surface area contributed by atoms with E-state index in [2.05, 4.69) is 16.0 Å². The summed E-state index contributed by atoms with van der Waals surface area (Å²) in [5, 5.41) is 67.9. The average molecular weight is 780 g/mol. The number of nitrogens with one attached hydrogen (secondary N) is 3. The third kappa shape index (κ3) is 14.0. The maximum absolute atomic E-state index is 12.8. The molecule has 0 saturated carbocycles. The van der Waals surface area contributed by atoms with Crippen molar-refractivity contribution in [3.8, 4) is 0 Å². The summed E-state index contributed by atoms with van der Waals surface area (Å²) in [7, 11) is 0. The van der Waals surface area contributed by atoms with E-state index in [0.717, 1.165) is 0 Å². The number of aliphatic hydroxyl groups is 6. The Morgan fingerprint density at radius 2 is 1.07 bits per heavy atom. The molecule has 3 fully saturated rings. The Morgan fingerprint density at radius 3 is 1.52 bits per heavy atom. The Balaban J connectivity index is 1.41. The first kappa shape index (κ1) is 45.0. The van der Waals surface area contributed by atoms with Gasteiger partial charge in [-0.25, -0.2) is 4.79 Å². The Kier molecular flexibility index (Phi) is 18.5. The topological polar surface area (TPSA) is 313 Å². The molecule has 3 saturated heterocycles. The lowest BCUT2D eigenvalue weighted by atomic mass is 10.0. The van der Waals surface area contributed by atoms with E-state index in [4.69, 9.17) is 23.8 Å². The molecule has 0 spiro atoms. The van der Waals surface area contributed by atoms with Crippen molar-refractivity contribution in [2.75, 3.05) is 52.5 Å². The van der Waals surface area contributed by atoms with Gasteiger partial charge in [-0.2, -0.15) is 0 Å². The van der Waals surface area contributed by atoms with Crippen LogP contribution in [0.5, 0.6) is 0 Å². The van der Waals surface area contributed by atoms with Crippen LogP contribution in [0.25, 0.3) is 0 Å². The van der Waals surface area contributed by atoms with E-state index >= 15 is 0 Å². The molecule has 3 heterocycles. The number of aliphatic hydroxyl groups excluding tert-OH is 6. The molecule has 0 radical (unpaired) electrons. The first-order valence-electron chi connectivity index (χ1n) is 17.8. The lowest BCUT2D eigenvalue weighted by molar-refractivity contribution is -0.292. The summed E-state index contributed by atoms with van der Waals surface area (Å²) in [4.78, 5) is 79.4. The Labute approximate surface area is 310 Å². The summed E-state index contributed by atoms with van der Waals surface area (Å²) >= 11 is 0. The second-order valence-electron chi connectivity index (χ2n) is 13.2. The van der Waals surface area contributed by atoms with E-state index in [1.54, 1.807) is 0 Å². The van der Waals surface area contributed by atoms with E-state index in [1.165, 1.54) is 18.7 Å². The number of nitrogens with zero attached hydrogens (tertiary/aromatic N) is 2. The normalized spacial score (nSPS) is 30.0. The standard InChI is InChI=1S/C32H53N5O17/c1-17-25(44)27(46)29(48)31(52-17)50-12-10-34-20(39)15-36(16-21(40)35-11-13-51-32-30(49)28(47)26(45)18(2)53-32)14-19(38)33-9-5-3-4-6-24(43)54-37-22(41)7-8-23(37)42/h17-18,25-32,44-49H,3-16H2,1-2H3,(H,33,38)(H,34,39)(H,35,40)/t17-,18-,25+,26+,27+,28+,29-,30-,31-,32-/m0/s1. The van der Waals surface area contributed by atoms with Crippen molar-refractivity contribution >= 4 is 35.5 Å². The number of imide groups is 1. The predicted octanol–water partition coefficient (Wildman–Crippen LogP) is -5.51. The van der Waals surface area contributed by atoms with Crippen molar-refractivity contribution < 1.29 is 83.2 Å². The van der Waals surface area contributed by atoms with E-state index in [1.807, 2.05) is 0 Å². The highest BCUT2D eigenvalue weighted by atomic mass is 16.7. The summed E-state index contributed by atoms with van der Waals surface area (Å²) in [6.45, 7) is 1.59. The zero-order valence-corrected chi connectivity index (χ0v) is 30.2. The van der Waals surface area contributed by atoms with E-state index in [-0.39, 0.29) is 58.7 Å². The summed E-state index contributed by atoms with van der Waals surface area (Å²) in [6.07, 6.45) is -11.5. The molecule has 308 valence electrons. The van der Waals surface area contributed by atoms with Crippen molar-refractivity contribution in [1.29, 1.82) is 0 Å². The summed E-state index contributed by atoms with van der Waals surface area (Å²) in [5.41, 5.74) is 0. The number of hydrogen-bond donors (Lipinski definition) is 9. The molecule has 3 aliphatic heterocycles. The van der Waals surface area contributed by atoms with E-state index in [9.17, 15) is 59.4 Å². The molecule has 9 N–H and O–H groups in total. The van der Waals surface area contributed by atoms with Gasteiger partial charge in [-0.1, -0.05) is 6.42 Å². The van der Waals surface area contributed by atoms with Gasteiger partial charge in [-0.05, 0) is 26.7 Å². The highest BCUT2D eigenvalue weighted by molar-refractivity contribution is 6.01. The zero-order chi connectivity index (χ0) is 39.9. The highest BCUT2D eigenvalue weighted by Crippen LogP contribution is 2.22. The van der Waals surface area contributed by atoms with Crippen molar-refractivity contribution in [1.82, 2.24) is 25.9 Å². The second-order valence-corrected chi connectivity index (χ2v) is 13.2. The first-order valence-corrected chi connectivity index (χ1v) is 17.8. The number of amides is 5. The fraction of sp³-hybridized carbons (Fsp3) is 0.812. The highest BCUT2D eigenvalue weighted by Gasteiger charge is 2.43. The number of unbranched alkanes of at least 4 members (excludes halogenated alkanes) is 2. The number of rotatable bonds is 21. The van der Waals surface area contributed by atoms with Gasteiger partial charge in [-0.15, -0.1) is 5.06 Å².